The predicted octanol–water partition coefficient (Wildman–Crippen LogP) is 6.97. The third kappa shape index (κ3) is 3.03. The van der Waals surface area contributed by atoms with Crippen LogP contribution in [0.3, 0.4) is 0 Å². The fourth-order valence-corrected chi connectivity index (χ4v) is 6.79. The minimum absolute atomic E-state index is 0.0176. The third-order valence-electron chi connectivity index (χ3n) is 7.66. The topological polar surface area (TPSA) is 29.1 Å². The minimum atomic E-state index is 0.0176. The molecular weight excluding hydrogens is 398 g/mol. The Morgan fingerprint density at radius 1 is 1.30 bits per heavy atom. The maximum absolute atomic E-state index is 12.6. The van der Waals surface area contributed by atoms with Gasteiger partial charge in [-0.05, 0) is 76.8 Å². The Labute approximate surface area is 171 Å². The van der Waals surface area contributed by atoms with Crippen molar-refractivity contribution in [2.24, 2.45) is 22.7 Å². The standard InChI is InChI=1S/C24H30BrNO/c1-15-9-12-20-23(2,3)13-6-14-24(20,4)18(15)11-10-17-16-7-5-8-19(25)21(16)26-22(17)27/h5,7-8,10,18,20H,1,6,9,11-14H2,2-4H3,(H,26,27)/b17-10-/t18-,20-,24+/m0/s1. The van der Waals surface area contributed by atoms with Gasteiger partial charge in [0.1, 0.15) is 0 Å². The predicted molar refractivity (Wildman–Crippen MR) is 116 cm³/mol. The van der Waals surface area contributed by atoms with Crippen molar-refractivity contribution in [3.8, 4) is 0 Å². The number of allylic oxidation sites excluding steroid dienone is 2. The molecule has 0 radical (unpaired) electrons. The maximum atomic E-state index is 12.6. The van der Waals surface area contributed by atoms with Gasteiger partial charge >= 0.3 is 0 Å². The van der Waals surface area contributed by atoms with Crippen molar-refractivity contribution in [2.75, 3.05) is 5.32 Å². The zero-order valence-electron chi connectivity index (χ0n) is 16.7. The highest BCUT2D eigenvalue weighted by molar-refractivity contribution is 9.10. The van der Waals surface area contributed by atoms with Crippen LogP contribution in [0.25, 0.3) is 5.57 Å². The van der Waals surface area contributed by atoms with Gasteiger partial charge < -0.3 is 5.32 Å². The fourth-order valence-electron chi connectivity index (χ4n) is 6.33. The first-order chi connectivity index (χ1) is 12.7. The molecule has 4 rings (SSSR count). The second-order valence-electron chi connectivity index (χ2n) is 9.62. The molecule has 1 aromatic rings. The van der Waals surface area contributed by atoms with E-state index in [1.54, 1.807) is 0 Å². The lowest BCUT2D eigenvalue weighted by atomic mass is 9.47. The molecule has 0 aromatic heterocycles. The summed E-state index contributed by atoms with van der Waals surface area (Å²) in [5, 5.41) is 3.02. The van der Waals surface area contributed by atoms with Crippen LogP contribution >= 0.6 is 15.9 Å². The first kappa shape index (κ1) is 19.0. The van der Waals surface area contributed by atoms with E-state index in [1.165, 1.54) is 31.3 Å². The monoisotopic (exact) mass is 427 g/mol. The highest BCUT2D eigenvalue weighted by Crippen LogP contribution is 2.61. The van der Waals surface area contributed by atoms with Crippen LogP contribution in [0.1, 0.15) is 64.9 Å². The van der Waals surface area contributed by atoms with E-state index in [0.717, 1.165) is 40.1 Å². The molecule has 0 unspecified atom stereocenters. The van der Waals surface area contributed by atoms with Gasteiger partial charge in [-0.3, -0.25) is 4.79 Å². The molecule has 27 heavy (non-hydrogen) atoms. The number of hydrogen-bond acceptors (Lipinski definition) is 1. The number of anilines is 1. The smallest absolute Gasteiger partial charge is 0.256 e. The summed E-state index contributed by atoms with van der Waals surface area (Å²) in [6, 6.07) is 6.01. The van der Waals surface area contributed by atoms with E-state index >= 15 is 0 Å². The van der Waals surface area contributed by atoms with Crippen molar-refractivity contribution in [3.63, 3.8) is 0 Å². The van der Waals surface area contributed by atoms with E-state index in [2.05, 4.69) is 54.7 Å². The van der Waals surface area contributed by atoms with E-state index in [0.29, 0.717) is 16.7 Å². The summed E-state index contributed by atoms with van der Waals surface area (Å²) in [4.78, 5) is 12.6. The van der Waals surface area contributed by atoms with E-state index in [4.69, 9.17) is 0 Å². The van der Waals surface area contributed by atoms with Crippen molar-refractivity contribution in [3.05, 3.63) is 46.5 Å². The first-order valence-electron chi connectivity index (χ1n) is 10.2. The Kier molecular flexibility index (Phi) is 4.65. The number of carbonyl (C=O) groups excluding carboxylic acids is 1. The zero-order chi connectivity index (χ0) is 19.4. The van der Waals surface area contributed by atoms with E-state index < -0.39 is 0 Å². The lowest BCUT2D eigenvalue weighted by molar-refractivity contribution is -0.110. The van der Waals surface area contributed by atoms with Crippen LogP contribution in [-0.2, 0) is 4.79 Å². The molecule has 3 heteroatoms. The number of halogens is 1. The van der Waals surface area contributed by atoms with Gasteiger partial charge in [-0.25, -0.2) is 0 Å². The molecule has 2 aliphatic carbocycles. The van der Waals surface area contributed by atoms with Gasteiger partial charge in [0.05, 0.1) is 5.69 Å². The summed E-state index contributed by atoms with van der Waals surface area (Å²) < 4.78 is 0.944. The maximum Gasteiger partial charge on any atom is 0.256 e. The summed E-state index contributed by atoms with van der Waals surface area (Å²) >= 11 is 3.55. The summed E-state index contributed by atoms with van der Waals surface area (Å²) in [5.41, 5.74) is 4.82. The van der Waals surface area contributed by atoms with E-state index in [9.17, 15) is 4.79 Å². The highest BCUT2D eigenvalue weighted by Gasteiger charge is 2.52. The second-order valence-corrected chi connectivity index (χ2v) is 10.5. The first-order valence-corrected chi connectivity index (χ1v) is 11.0. The third-order valence-corrected chi connectivity index (χ3v) is 8.32. The number of fused-ring (bicyclic) bond motifs is 2. The normalized spacial score (nSPS) is 33.6. The number of benzene rings is 1. The van der Waals surface area contributed by atoms with Crippen molar-refractivity contribution in [1.82, 2.24) is 0 Å². The van der Waals surface area contributed by atoms with Crippen molar-refractivity contribution < 1.29 is 4.79 Å². The number of rotatable bonds is 2. The molecule has 2 fully saturated rings. The minimum Gasteiger partial charge on any atom is -0.320 e. The molecule has 0 bridgehead atoms. The van der Waals surface area contributed by atoms with Crippen LogP contribution in [0.15, 0.2) is 40.9 Å². The molecule has 1 aromatic carbocycles. The highest BCUT2D eigenvalue weighted by atomic mass is 79.9. The molecule has 3 aliphatic rings. The van der Waals surface area contributed by atoms with Crippen molar-refractivity contribution in [1.29, 1.82) is 0 Å². The zero-order valence-corrected chi connectivity index (χ0v) is 18.3. The van der Waals surface area contributed by atoms with Gasteiger partial charge in [0.15, 0.2) is 0 Å². The van der Waals surface area contributed by atoms with Crippen molar-refractivity contribution >= 4 is 33.1 Å². The fraction of sp³-hybridized carbons (Fsp3) is 0.542. The Morgan fingerprint density at radius 2 is 2.07 bits per heavy atom. The SMILES string of the molecule is C=C1CC[C@H]2C(C)(C)CCC[C@]2(C)[C@H]1C/C=C1\C(=O)Nc2c(Br)cccc21. The van der Waals surface area contributed by atoms with Gasteiger partial charge in [-0.15, -0.1) is 0 Å². The summed E-state index contributed by atoms with van der Waals surface area (Å²) in [5.74, 6) is 1.22. The molecule has 2 saturated carbocycles. The van der Waals surface area contributed by atoms with E-state index in [1.807, 2.05) is 18.2 Å². The molecule has 1 aliphatic heterocycles. The van der Waals surface area contributed by atoms with Gasteiger partial charge in [0, 0.05) is 15.6 Å². The molecule has 144 valence electrons. The molecule has 1 amide bonds. The molecule has 1 N–H and O–H groups in total. The number of nitrogens with one attached hydrogen (secondary N) is 1. The van der Waals surface area contributed by atoms with Gasteiger partial charge in [-0.1, -0.05) is 57.6 Å². The number of para-hydroxylation sites is 1. The van der Waals surface area contributed by atoms with Crippen LogP contribution in [0.4, 0.5) is 5.69 Å². The van der Waals surface area contributed by atoms with Gasteiger partial charge in [-0.2, -0.15) is 0 Å². The van der Waals surface area contributed by atoms with Crippen molar-refractivity contribution in [2.45, 2.75) is 59.3 Å². The Bertz CT molecular complexity index is 837. The quantitative estimate of drug-likeness (QED) is 0.400. The Morgan fingerprint density at radius 3 is 2.85 bits per heavy atom. The Hall–Kier alpha value is -1.35. The Balaban J connectivity index is 1.66. The number of amides is 1. The molecule has 0 saturated heterocycles. The molecule has 2 nitrogen and oxygen atoms in total. The van der Waals surface area contributed by atoms with Gasteiger partial charge in [0.2, 0.25) is 0 Å². The van der Waals surface area contributed by atoms with Crippen LogP contribution in [0, 0.1) is 22.7 Å². The lowest BCUT2D eigenvalue weighted by Crippen LogP contribution is -2.49. The lowest BCUT2D eigenvalue weighted by Gasteiger charge is -2.58. The van der Waals surface area contributed by atoms with E-state index in [-0.39, 0.29) is 5.91 Å². The summed E-state index contributed by atoms with van der Waals surface area (Å²) in [6.45, 7) is 11.9. The van der Waals surface area contributed by atoms with Gasteiger partial charge in [0.25, 0.3) is 5.91 Å². The number of hydrogen-bond donors (Lipinski definition) is 1. The molecule has 0 spiro atoms. The van der Waals surface area contributed by atoms with Crippen LogP contribution in [0.2, 0.25) is 0 Å². The summed E-state index contributed by atoms with van der Waals surface area (Å²) in [6.07, 6.45) is 9.41. The summed E-state index contributed by atoms with van der Waals surface area (Å²) in [7, 11) is 0. The van der Waals surface area contributed by atoms with Crippen LogP contribution in [0.5, 0.6) is 0 Å². The van der Waals surface area contributed by atoms with Crippen LogP contribution in [-0.4, -0.2) is 5.91 Å². The molecular formula is C24H30BrNO. The molecule has 3 atom stereocenters. The second kappa shape index (κ2) is 6.62. The van der Waals surface area contributed by atoms with Crippen LogP contribution < -0.4 is 5.32 Å². The average molecular weight is 428 g/mol. The largest absolute Gasteiger partial charge is 0.320 e. The molecule has 1 heterocycles. The number of carbonyl (C=O) groups is 1. The average Bonchev–Trinajstić information content (AvgIpc) is 2.91.